The van der Waals surface area contributed by atoms with Gasteiger partial charge in [-0.05, 0) is 32.0 Å². The highest BCUT2D eigenvalue weighted by molar-refractivity contribution is 6.15. The first-order chi connectivity index (χ1) is 11.7. The van der Waals surface area contributed by atoms with Gasteiger partial charge >= 0.3 is 0 Å². The van der Waals surface area contributed by atoms with Crippen LogP contribution >= 0.6 is 0 Å². The van der Waals surface area contributed by atoms with E-state index in [-0.39, 0.29) is 6.04 Å². The fraction of sp³-hybridized carbons (Fsp3) is 0.150. The molecule has 0 aliphatic carbocycles. The van der Waals surface area contributed by atoms with Gasteiger partial charge in [0.05, 0.1) is 11.4 Å². The van der Waals surface area contributed by atoms with Gasteiger partial charge in [-0.25, -0.2) is 0 Å². The van der Waals surface area contributed by atoms with Crippen LogP contribution in [0.2, 0.25) is 0 Å². The minimum Gasteiger partial charge on any atom is -0.281 e. The number of nitrogens with zero attached hydrogens (tertiary/aromatic N) is 4. The van der Waals surface area contributed by atoms with Gasteiger partial charge in [-0.2, -0.15) is 0 Å². The number of rotatable bonds is 1. The molecule has 3 aromatic rings. The lowest BCUT2D eigenvalue weighted by molar-refractivity contribution is 0.721. The standard InChI is InChI=1S/C20H16N4/c1-4-15-10-11-18-17(12-15)19(16-8-6-5-7-9-16)21-13(2)20-23-22-14(3)24(18)20/h1,5-13H,2-3H3/t13-/m1/s1. The fourth-order valence-corrected chi connectivity index (χ4v) is 3.10. The normalized spacial score (nSPS) is 15.7. The van der Waals surface area contributed by atoms with Gasteiger partial charge in [-0.1, -0.05) is 36.3 Å². The van der Waals surface area contributed by atoms with E-state index in [4.69, 9.17) is 11.4 Å². The second-order valence-corrected chi connectivity index (χ2v) is 5.84. The van der Waals surface area contributed by atoms with Gasteiger partial charge in [0, 0.05) is 16.7 Å². The number of terminal acetylenes is 1. The van der Waals surface area contributed by atoms with Crippen LogP contribution in [-0.4, -0.2) is 20.5 Å². The van der Waals surface area contributed by atoms with E-state index in [0.29, 0.717) is 0 Å². The first-order valence-electron chi connectivity index (χ1n) is 7.85. The number of fused-ring (bicyclic) bond motifs is 3. The van der Waals surface area contributed by atoms with Crippen molar-refractivity contribution >= 4 is 5.71 Å². The van der Waals surface area contributed by atoms with Crippen LogP contribution in [0.4, 0.5) is 0 Å². The van der Waals surface area contributed by atoms with Crippen LogP contribution < -0.4 is 0 Å². The number of benzene rings is 2. The molecule has 1 aromatic heterocycles. The molecule has 4 rings (SSSR count). The molecule has 0 amide bonds. The van der Waals surface area contributed by atoms with Crippen molar-refractivity contribution in [3.8, 4) is 18.0 Å². The average molecular weight is 312 g/mol. The number of hydrogen-bond donors (Lipinski definition) is 0. The summed E-state index contributed by atoms with van der Waals surface area (Å²) >= 11 is 0. The summed E-state index contributed by atoms with van der Waals surface area (Å²) in [6.07, 6.45) is 5.62. The molecule has 0 N–H and O–H groups in total. The monoisotopic (exact) mass is 312 g/mol. The summed E-state index contributed by atoms with van der Waals surface area (Å²) in [5.74, 6) is 4.40. The van der Waals surface area contributed by atoms with E-state index >= 15 is 0 Å². The zero-order valence-corrected chi connectivity index (χ0v) is 13.6. The van der Waals surface area contributed by atoms with Crippen molar-refractivity contribution < 1.29 is 0 Å². The second-order valence-electron chi connectivity index (χ2n) is 5.84. The molecule has 1 aliphatic heterocycles. The molecule has 0 fully saturated rings. The van der Waals surface area contributed by atoms with Gasteiger partial charge < -0.3 is 0 Å². The van der Waals surface area contributed by atoms with E-state index < -0.39 is 0 Å². The zero-order valence-electron chi connectivity index (χ0n) is 13.6. The van der Waals surface area contributed by atoms with E-state index in [1.807, 2.05) is 50.2 Å². The van der Waals surface area contributed by atoms with E-state index in [1.165, 1.54) is 0 Å². The van der Waals surface area contributed by atoms with Crippen LogP contribution in [0.5, 0.6) is 0 Å². The number of aromatic nitrogens is 3. The highest BCUT2D eigenvalue weighted by Crippen LogP contribution is 2.30. The summed E-state index contributed by atoms with van der Waals surface area (Å²) in [5, 5.41) is 8.57. The SMILES string of the molecule is C#Cc1ccc2c(c1)C(c1ccccc1)=N[C@H](C)c1nnc(C)n1-2. The average Bonchev–Trinajstić information content (AvgIpc) is 2.95. The molecule has 0 radical (unpaired) electrons. The Bertz CT molecular complexity index is 990. The summed E-state index contributed by atoms with van der Waals surface area (Å²) < 4.78 is 2.07. The summed E-state index contributed by atoms with van der Waals surface area (Å²) in [6.45, 7) is 3.99. The van der Waals surface area contributed by atoms with Crippen molar-refractivity contribution in [1.29, 1.82) is 0 Å². The second kappa shape index (κ2) is 5.47. The number of aliphatic imine (C=N–C) groups is 1. The molecule has 1 aliphatic rings. The maximum Gasteiger partial charge on any atom is 0.162 e. The lowest BCUT2D eigenvalue weighted by atomic mass is 9.98. The molecule has 1 atom stereocenters. The molecule has 0 bridgehead atoms. The van der Waals surface area contributed by atoms with Gasteiger partial charge in [0.15, 0.2) is 5.82 Å². The van der Waals surface area contributed by atoms with Crippen LogP contribution in [0.3, 0.4) is 0 Å². The Hall–Kier alpha value is -3.19. The largest absolute Gasteiger partial charge is 0.281 e. The van der Waals surface area contributed by atoms with Crippen LogP contribution in [0, 0.1) is 19.3 Å². The van der Waals surface area contributed by atoms with E-state index in [2.05, 4.69) is 32.8 Å². The van der Waals surface area contributed by atoms with Gasteiger partial charge in [-0.3, -0.25) is 9.56 Å². The van der Waals surface area contributed by atoms with Crippen molar-refractivity contribution in [2.24, 2.45) is 4.99 Å². The predicted molar refractivity (Wildman–Crippen MR) is 94.5 cm³/mol. The molecular weight excluding hydrogens is 296 g/mol. The van der Waals surface area contributed by atoms with Gasteiger partial charge in [0.1, 0.15) is 11.9 Å². The van der Waals surface area contributed by atoms with Crippen molar-refractivity contribution in [1.82, 2.24) is 14.8 Å². The van der Waals surface area contributed by atoms with Crippen molar-refractivity contribution in [3.63, 3.8) is 0 Å². The molecule has 0 saturated heterocycles. The quantitative estimate of drug-likeness (QED) is 0.646. The van der Waals surface area contributed by atoms with Crippen LogP contribution in [0.1, 0.15) is 41.3 Å². The predicted octanol–water partition coefficient (Wildman–Crippen LogP) is 3.47. The zero-order chi connectivity index (χ0) is 16.7. The summed E-state index contributed by atoms with van der Waals surface area (Å²) in [6, 6.07) is 16.1. The molecule has 0 unspecified atom stereocenters. The van der Waals surface area contributed by atoms with Gasteiger partial charge in [-0.15, -0.1) is 16.6 Å². The van der Waals surface area contributed by atoms with Gasteiger partial charge in [0.2, 0.25) is 0 Å². The third-order valence-electron chi connectivity index (χ3n) is 4.25. The third-order valence-corrected chi connectivity index (χ3v) is 4.25. The minimum atomic E-state index is -0.0944. The Morgan fingerprint density at radius 2 is 1.88 bits per heavy atom. The van der Waals surface area contributed by atoms with Crippen LogP contribution in [-0.2, 0) is 0 Å². The van der Waals surface area contributed by atoms with Crippen molar-refractivity contribution in [2.45, 2.75) is 19.9 Å². The molecule has 0 saturated carbocycles. The summed E-state index contributed by atoms with van der Waals surface area (Å²) in [7, 11) is 0. The highest BCUT2D eigenvalue weighted by atomic mass is 15.3. The third kappa shape index (κ3) is 2.14. The van der Waals surface area contributed by atoms with Crippen molar-refractivity contribution in [3.05, 3.63) is 76.9 Å². The van der Waals surface area contributed by atoms with E-state index in [9.17, 15) is 0 Å². The summed E-state index contributed by atoms with van der Waals surface area (Å²) in [5.41, 5.74) is 4.85. The molecule has 2 aromatic carbocycles. The molecule has 2 heterocycles. The molecule has 0 spiro atoms. The topological polar surface area (TPSA) is 43.1 Å². The maximum absolute atomic E-state index is 5.62. The highest BCUT2D eigenvalue weighted by Gasteiger charge is 2.25. The maximum atomic E-state index is 5.62. The lowest BCUT2D eigenvalue weighted by Gasteiger charge is -2.13. The Morgan fingerprint density at radius 3 is 2.62 bits per heavy atom. The minimum absolute atomic E-state index is 0.0944. The Kier molecular flexibility index (Phi) is 3.28. The summed E-state index contributed by atoms with van der Waals surface area (Å²) in [4.78, 5) is 4.94. The molecular formula is C20H16N4. The first kappa shape index (κ1) is 14.4. The molecule has 116 valence electrons. The molecule has 24 heavy (non-hydrogen) atoms. The lowest BCUT2D eigenvalue weighted by Crippen LogP contribution is -2.08. The Morgan fingerprint density at radius 1 is 1.08 bits per heavy atom. The number of hydrogen-bond acceptors (Lipinski definition) is 3. The van der Waals surface area contributed by atoms with E-state index in [1.54, 1.807) is 0 Å². The molecule has 4 heteroatoms. The Labute approximate surface area is 140 Å². The van der Waals surface area contributed by atoms with Gasteiger partial charge in [0.25, 0.3) is 0 Å². The fourth-order valence-electron chi connectivity index (χ4n) is 3.10. The smallest absolute Gasteiger partial charge is 0.162 e. The van der Waals surface area contributed by atoms with E-state index in [0.717, 1.165) is 39.7 Å². The first-order valence-corrected chi connectivity index (χ1v) is 7.85. The Balaban J connectivity index is 2.06. The number of aryl methyl sites for hydroxylation is 1. The van der Waals surface area contributed by atoms with Crippen LogP contribution in [0.15, 0.2) is 53.5 Å². The van der Waals surface area contributed by atoms with Crippen LogP contribution in [0.25, 0.3) is 5.69 Å². The van der Waals surface area contributed by atoms with Crippen molar-refractivity contribution in [2.75, 3.05) is 0 Å². The molecule has 4 nitrogen and oxygen atoms in total.